The van der Waals surface area contributed by atoms with E-state index in [2.05, 4.69) is 28.9 Å². The van der Waals surface area contributed by atoms with Crippen LogP contribution >= 0.6 is 27.5 Å². The normalized spacial score (nSPS) is 15.8. The lowest BCUT2D eigenvalue weighted by Gasteiger charge is -1.96. The van der Waals surface area contributed by atoms with Crippen molar-refractivity contribution < 1.29 is 0 Å². The van der Waals surface area contributed by atoms with Crippen LogP contribution in [-0.2, 0) is 0 Å². The van der Waals surface area contributed by atoms with Gasteiger partial charge in [-0.3, -0.25) is 0 Å². The van der Waals surface area contributed by atoms with Crippen LogP contribution in [0.15, 0.2) is 22.7 Å². The van der Waals surface area contributed by atoms with E-state index in [1.807, 2.05) is 19.1 Å². The van der Waals surface area contributed by atoms with Crippen molar-refractivity contribution in [3.8, 4) is 0 Å². The number of allylic oxidation sites excluding steroid dienone is 4. The van der Waals surface area contributed by atoms with Crippen LogP contribution in [0.25, 0.3) is 0 Å². The van der Waals surface area contributed by atoms with Gasteiger partial charge in [0.1, 0.15) is 0 Å². The maximum Gasteiger partial charge on any atom is 0.0622 e. The third-order valence-corrected chi connectivity index (χ3v) is 2.68. The zero-order valence-electron chi connectivity index (χ0n) is 6.98. The highest BCUT2D eigenvalue weighted by Crippen LogP contribution is 2.15. The minimum atomic E-state index is 0.0706. The first-order valence-electron chi connectivity index (χ1n) is 3.84. The van der Waals surface area contributed by atoms with Crippen molar-refractivity contribution in [1.29, 1.82) is 0 Å². The lowest BCUT2D eigenvalue weighted by Crippen LogP contribution is -1.86. The molecule has 1 atom stereocenters. The van der Waals surface area contributed by atoms with Gasteiger partial charge in [-0.25, -0.2) is 0 Å². The van der Waals surface area contributed by atoms with Gasteiger partial charge >= 0.3 is 0 Å². The summed E-state index contributed by atoms with van der Waals surface area (Å²) in [5.74, 6) is 0. The lowest BCUT2D eigenvalue weighted by molar-refractivity contribution is 0.958. The van der Waals surface area contributed by atoms with Crippen LogP contribution in [0.3, 0.4) is 0 Å². The summed E-state index contributed by atoms with van der Waals surface area (Å²) in [5, 5.41) is 0.0706. The molecule has 0 aromatic heterocycles. The van der Waals surface area contributed by atoms with Gasteiger partial charge in [-0.05, 0) is 13.3 Å². The number of rotatable bonds is 4. The van der Waals surface area contributed by atoms with Gasteiger partial charge in [0.05, 0.1) is 5.38 Å². The van der Waals surface area contributed by atoms with Crippen molar-refractivity contribution in [2.75, 3.05) is 0 Å². The zero-order chi connectivity index (χ0) is 8.69. The van der Waals surface area contributed by atoms with Crippen LogP contribution in [0.5, 0.6) is 0 Å². The Morgan fingerprint density at radius 3 is 2.73 bits per heavy atom. The maximum absolute atomic E-state index is 5.79. The predicted molar refractivity (Wildman–Crippen MR) is 56.4 cm³/mol. The van der Waals surface area contributed by atoms with E-state index >= 15 is 0 Å². The molecule has 2 heteroatoms. The predicted octanol–water partition coefficient (Wildman–Crippen LogP) is 4.25. The molecule has 0 saturated carbocycles. The molecule has 0 aliphatic carbocycles. The fraction of sp³-hybridized carbons (Fsp3) is 0.556. The number of unbranched alkanes of at least 4 members (excludes halogenated alkanes) is 1. The van der Waals surface area contributed by atoms with Crippen molar-refractivity contribution in [3.63, 3.8) is 0 Å². The third kappa shape index (κ3) is 6.64. The van der Waals surface area contributed by atoms with Gasteiger partial charge in [0.15, 0.2) is 0 Å². The molecule has 0 radical (unpaired) electrons. The van der Waals surface area contributed by atoms with E-state index in [0.717, 1.165) is 10.9 Å². The monoisotopic (exact) mass is 236 g/mol. The van der Waals surface area contributed by atoms with E-state index in [-0.39, 0.29) is 5.38 Å². The highest BCUT2D eigenvalue weighted by atomic mass is 79.9. The van der Waals surface area contributed by atoms with E-state index in [4.69, 9.17) is 11.6 Å². The second-order valence-corrected chi connectivity index (χ2v) is 3.95. The van der Waals surface area contributed by atoms with E-state index in [9.17, 15) is 0 Å². The van der Waals surface area contributed by atoms with Crippen molar-refractivity contribution in [2.24, 2.45) is 0 Å². The van der Waals surface area contributed by atoms with E-state index in [1.54, 1.807) is 0 Å². The molecule has 0 nitrogen and oxygen atoms in total. The summed E-state index contributed by atoms with van der Waals surface area (Å²) in [4.78, 5) is 0. The van der Waals surface area contributed by atoms with Gasteiger partial charge < -0.3 is 0 Å². The second kappa shape index (κ2) is 6.93. The Hall–Kier alpha value is 0.250. The van der Waals surface area contributed by atoms with E-state index in [1.165, 1.54) is 6.42 Å². The summed E-state index contributed by atoms with van der Waals surface area (Å²) in [6.45, 7) is 4.10. The Bertz CT molecular complexity index is 148. The molecule has 0 amide bonds. The number of halogens is 2. The van der Waals surface area contributed by atoms with Gasteiger partial charge in [0.25, 0.3) is 0 Å². The highest BCUT2D eigenvalue weighted by molar-refractivity contribution is 9.11. The van der Waals surface area contributed by atoms with Crippen molar-refractivity contribution >= 4 is 27.5 Å². The topological polar surface area (TPSA) is 0 Å². The van der Waals surface area contributed by atoms with Crippen molar-refractivity contribution in [1.82, 2.24) is 0 Å². The van der Waals surface area contributed by atoms with Crippen LogP contribution in [0, 0.1) is 0 Å². The molecule has 0 fully saturated rings. The molecule has 0 N–H and O–H groups in total. The Morgan fingerprint density at radius 1 is 1.64 bits per heavy atom. The molecular weight excluding hydrogens is 223 g/mol. The second-order valence-electron chi connectivity index (χ2n) is 2.38. The fourth-order valence-electron chi connectivity index (χ4n) is 0.555. The number of hydrogen-bond acceptors (Lipinski definition) is 0. The Balaban J connectivity index is 3.72. The minimum Gasteiger partial charge on any atom is -0.118 e. The van der Waals surface area contributed by atoms with Gasteiger partial charge in [0.2, 0.25) is 0 Å². The first-order valence-corrected chi connectivity index (χ1v) is 5.07. The molecular formula is C9H14BrCl. The van der Waals surface area contributed by atoms with E-state index in [0.29, 0.717) is 0 Å². The van der Waals surface area contributed by atoms with Crippen molar-refractivity contribution in [2.45, 2.75) is 32.1 Å². The summed E-state index contributed by atoms with van der Waals surface area (Å²) in [7, 11) is 0. The average molecular weight is 238 g/mol. The summed E-state index contributed by atoms with van der Waals surface area (Å²) in [6, 6.07) is 0. The molecule has 0 heterocycles. The van der Waals surface area contributed by atoms with Gasteiger partial charge in [-0.2, -0.15) is 0 Å². The molecule has 0 spiro atoms. The summed E-state index contributed by atoms with van der Waals surface area (Å²) < 4.78 is 1.03. The standard InChI is InChI=1S/C9H14BrCl/c1-3-4-5-6-7-9(10)8(2)11/h5-8H,3-4H2,1-2H3/b6-5-,9-7+. The smallest absolute Gasteiger partial charge is 0.0622 e. The molecule has 11 heavy (non-hydrogen) atoms. The highest BCUT2D eigenvalue weighted by Gasteiger charge is 1.96. The van der Waals surface area contributed by atoms with Crippen LogP contribution in [0.1, 0.15) is 26.7 Å². The van der Waals surface area contributed by atoms with Crippen LogP contribution in [0.4, 0.5) is 0 Å². The molecule has 1 unspecified atom stereocenters. The summed E-state index contributed by atoms with van der Waals surface area (Å²) in [5.41, 5.74) is 0. The molecule has 0 saturated heterocycles. The van der Waals surface area contributed by atoms with Crippen LogP contribution in [-0.4, -0.2) is 5.38 Å². The molecule has 64 valence electrons. The number of alkyl halides is 1. The molecule has 0 aliphatic rings. The van der Waals surface area contributed by atoms with Gasteiger partial charge in [-0.1, -0.05) is 47.5 Å². The average Bonchev–Trinajstić information content (AvgIpc) is 1.97. The maximum atomic E-state index is 5.79. The van der Waals surface area contributed by atoms with Crippen molar-refractivity contribution in [3.05, 3.63) is 22.7 Å². The molecule has 0 aromatic carbocycles. The Labute approximate surface area is 82.5 Å². The van der Waals surface area contributed by atoms with Gasteiger partial charge in [-0.15, -0.1) is 11.6 Å². The SMILES string of the molecule is CCC/C=C\C=C(\Br)C(C)Cl. The summed E-state index contributed by atoms with van der Waals surface area (Å²) in [6.07, 6.45) is 8.49. The first-order chi connectivity index (χ1) is 5.18. The van der Waals surface area contributed by atoms with Gasteiger partial charge in [0, 0.05) is 4.48 Å². The Morgan fingerprint density at radius 2 is 2.27 bits per heavy atom. The fourth-order valence-corrected chi connectivity index (χ4v) is 0.781. The van der Waals surface area contributed by atoms with E-state index < -0.39 is 0 Å². The minimum absolute atomic E-state index is 0.0706. The zero-order valence-corrected chi connectivity index (χ0v) is 9.32. The molecule has 0 aliphatic heterocycles. The summed E-state index contributed by atoms with van der Waals surface area (Å²) >= 11 is 9.16. The lowest BCUT2D eigenvalue weighted by atomic mass is 10.3. The molecule has 0 bridgehead atoms. The first kappa shape index (κ1) is 11.2. The number of hydrogen-bond donors (Lipinski definition) is 0. The molecule has 0 aromatic rings. The van der Waals surface area contributed by atoms with Crippen LogP contribution < -0.4 is 0 Å². The molecule has 0 rings (SSSR count). The Kier molecular flexibility index (Phi) is 7.09. The third-order valence-electron chi connectivity index (χ3n) is 1.23. The quantitative estimate of drug-likeness (QED) is 0.507. The van der Waals surface area contributed by atoms with Crippen LogP contribution in [0.2, 0.25) is 0 Å². The largest absolute Gasteiger partial charge is 0.118 e.